The predicted octanol–water partition coefficient (Wildman–Crippen LogP) is 1.73. The minimum Gasteiger partial charge on any atom is -0.303 e. The van der Waals surface area contributed by atoms with Crippen LogP contribution in [0.3, 0.4) is 0 Å². The molecule has 0 aliphatic carbocycles. The fraction of sp³-hybridized carbons (Fsp3) is 0.600. The van der Waals surface area contributed by atoms with E-state index in [1.807, 2.05) is 0 Å². The van der Waals surface area contributed by atoms with Crippen LogP contribution in [-0.2, 0) is 9.59 Å². The topological polar surface area (TPSA) is 34.1 Å². The van der Waals surface area contributed by atoms with Crippen LogP contribution in [0.15, 0.2) is 0 Å². The minimum atomic E-state index is -0.276. The lowest BCUT2D eigenvalue weighted by Crippen LogP contribution is -1.92. The number of aldehydes is 1. The molecule has 66 valence electrons. The molecule has 0 aromatic rings. The Balaban J connectivity index is 3.44. The van der Waals surface area contributed by atoms with Gasteiger partial charge in [0.2, 0.25) is 5.78 Å². The number of Topliss-reactive ketones (excluding diaryl/α,β-unsaturated/α-hetero) is 1. The van der Waals surface area contributed by atoms with Crippen molar-refractivity contribution in [1.29, 1.82) is 0 Å². The van der Waals surface area contributed by atoms with Gasteiger partial charge in [0.05, 0.1) is 6.42 Å². The molecule has 0 saturated heterocycles. The van der Waals surface area contributed by atoms with Crippen LogP contribution in [-0.4, -0.2) is 12.1 Å². The van der Waals surface area contributed by atoms with E-state index in [9.17, 15) is 9.59 Å². The molecule has 0 bridgehead atoms. The van der Waals surface area contributed by atoms with Crippen molar-refractivity contribution in [2.75, 3.05) is 0 Å². The Bertz CT molecular complexity index is 196. The van der Waals surface area contributed by atoms with E-state index in [2.05, 4.69) is 18.8 Å². The fourth-order valence-corrected chi connectivity index (χ4v) is 0.751. The Morgan fingerprint density at radius 2 is 2.17 bits per heavy atom. The molecule has 0 aromatic carbocycles. The van der Waals surface area contributed by atoms with Crippen molar-refractivity contribution in [2.24, 2.45) is 0 Å². The molecule has 0 unspecified atom stereocenters. The number of unbranched alkanes of at least 4 members (excludes halogenated alkanes) is 3. The van der Waals surface area contributed by atoms with Crippen molar-refractivity contribution in [3.63, 3.8) is 0 Å². The van der Waals surface area contributed by atoms with E-state index in [0.717, 1.165) is 25.7 Å². The predicted molar refractivity (Wildman–Crippen MR) is 47.6 cm³/mol. The molecule has 0 aromatic heterocycles. The average molecular weight is 166 g/mol. The van der Waals surface area contributed by atoms with Crippen LogP contribution in [0, 0.1) is 11.8 Å². The van der Waals surface area contributed by atoms with Gasteiger partial charge in [0.15, 0.2) is 0 Å². The highest BCUT2D eigenvalue weighted by Gasteiger charge is 1.91. The lowest BCUT2D eigenvalue weighted by atomic mass is 10.2. The normalized spacial score (nSPS) is 8.42. The lowest BCUT2D eigenvalue weighted by Gasteiger charge is -1.87. The van der Waals surface area contributed by atoms with Gasteiger partial charge >= 0.3 is 0 Å². The first kappa shape index (κ1) is 10.9. The Morgan fingerprint density at radius 1 is 1.42 bits per heavy atom. The smallest absolute Gasteiger partial charge is 0.212 e. The summed E-state index contributed by atoms with van der Waals surface area (Å²) >= 11 is 0. The van der Waals surface area contributed by atoms with Crippen molar-refractivity contribution in [3.05, 3.63) is 0 Å². The zero-order valence-electron chi connectivity index (χ0n) is 7.43. The first-order valence-corrected chi connectivity index (χ1v) is 4.26. The van der Waals surface area contributed by atoms with E-state index in [-0.39, 0.29) is 12.2 Å². The van der Waals surface area contributed by atoms with E-state index >= 15 is 0 Å². The molecule has 2 heteroatoms. The first-order valence-electron chi connectivity index (χ1n) is 4.26. The number of rotatable bonds is 5. The van der Waals surface area contributed by atoms with Crippen molar-refractivity contribution in [3.8, 4) is 11.8 Å². The van der Waals surface area contributed by atoms with Gasteiger partial charge in [-0.3, -0.25) is 4.79 Å². The van der Waals surface area contributed by atoms with Gasteiger partial charge in [-0.25, -0.2) is 0 Å². The van der Waals surface area contributed by atoms with Gasteiger partial charge < -0.3 is 4.79 Å². The summed E-state index contributed by atoms with van der Waals surface area (Å²) in [5.74, 6) is 4.89. The number of hydrogen-bond donors (Lipinski definition) is 0. The maximum absolute atomic E-state index is 10.7. The molecule has 0 saturated carbocycles. The van der Waals surface area contributed by atoms with Crippen molar-refractivity contribution >= 4 is 12.1 Å². The molecule has 12 heavy (non-hydrogen) atoms. The highest BCUT2D eigenvalue weighted by atomic mass is 16.1. The van der Waals surface area contributed by atoms with Crippen LogP contribution >= 0.6 is 0 Å². The average Bonchev–Trinajstić information content (AvgIpc) is 2.05. The Morgan fingerprint density at radius 3 is 2.75 bits per heavy atom. The zero-order valence-corrected chi connectivity index (χ0v) is 7.43. The van der Waals surface area contributed by atoms with Crippen molar-refractivity contribution in [1.82, 2.24) is 0 Å². The lowest BCUT2D eigenvalue weighted by molar-refractivity contribution is -0.118. The monoisotopic (exact) mass is 166 g/mol. The molecule has 0 atom stereocenters. The molecule has 0 radical (unpaired) electrons. The second-order valence-electron chi connectivity index (χ2n) is 2.55. The van der Waals surface area contributed by atoms with Crippen LogP contribution in [0.1, 0.15) is 39.0 Å². The summed E-state index contributed by atoms with van der Waals surface area (Å²) in [6, 6.07) is 0. The molecule has 0 rings (SSSR count). The second kappa shape index (κ2) is 8.00. The van der Waals surface area contributed by atoms with Gasteiger partial charge in [-0.15, -0.1) is 0 Å². The van der Waals surface area contributed by atoms with Crippen LogP contribution < -0.4 is 0 Å². The van der Waals surface area contributed by atoms with Gasteiger partial charge in [0, 0.05) is 6.42 Å². The highest BCUT2D eigenvalue weighted by Crippen LogP contribution is 1.96. The quantitative estimate of drug-likeness (QED) is 0.205. The van der Waals surface area contributed by atoms with E-state index in [4.69, 9.17) is 0 Å². The molecule has 0 N–H and O–H groups in total. The third kappa shape index (κ3) is 7.01. The Hall–Kier alpha value is -1.10. The summed E-state index contributed by atoms with van der Waals surface area (Å²) in [4.78, 5) is 20.5. The molecule has 0 fully saturated rings. The number of carbonyl (C=O) groups excluding carboxylic acids is 2. The van der Waals surface area contributed by atoms with Gasteiger partial charge in [0.1, 0.15) is 6.29 Å². The molecule has 0 aliphatic rings. The molecule has 0 heterocycles. The Kier molecular flexibility index (Phi) is 7.27. The standard InChI is InChI=1S/C10H14O2/c1-2-3-4-5-6-7-10(12)8-9-11/h9H,2-5,8H2,1H3. The van der Waals surface area contributed by atoms with Crippen LogP contribution in [0.25, 0.3) is 0 Å². The Labute approximate surface area is 73.3 Å². The van der Waals surface area contributed by atoms with Crippen molar-refractivity contribution < 1.29 is 9.59 Å². The fourth-order valence-electron chi connectivity index (χ4n) is 0.751. The summed E-state index contributed by atoms with van der Waals surface area (Å²) in [6.07, 6.45) is 4.63. The molecule has 2 nitrogen and oxygen atoms in total. The van der Waals surface area contributed by atoms with Gasteiger partial charge in [-0.05, 0) is 12.3 Å². The summed E-state index contributed by atoms with van der Waals surface area (Å²) in [6.45, 7) is 2.12. The second-order valence-corrected chi connectivity index (χ2v) is 2.55. The van der Waals surface area contributed by atoms with Crippen molar-refractivity contribution in [2.45, 2.75) is 39.0 Å². The minimum absolute atomic E-state index is 0.0687. The molecular weight excluding hydrogens is 152 g/mol. The third-order valence-corrected chi connectivity index (χ3v) is 1.40. The summed E-state index contributed by atoms with van der Waals surface area (Å²) in [5, 5.41) is 0. The number of ketones is 1. The van der Waals surface area contributed by atoms with E-state index in [1.54, 1.807) is 0 Å². The van der Waals surface area contributed by atoms with E-state index in [0.29, 0.717) is 6.29 Å². The maximum Gasteiger partial charge on any atom is 0.212 e. The summed E-state index contributed by atoms with van der Waals surface area (Å²) in [7, 11) is 0. The zero-order chi connectivity index (χ0) is 9.23. The molecule has 0 spiro atoms. The summed E-state index contributed by atoms with van der Waals surface area (Å²) in [5.41, 5.74) is 0. The van der Waals surface area contributed by atoms with Gasteiger partial charge in [-0.2, -0.15) is 0 Å². The molecular formula is C10H14O2. The van der Waals surface area contributed by atoms with E-state index < -0.39 is 0 Å². The SMILES string of the molecule is CCCCCC#CC(=O)CC=O. The molecule has 0 amide bonds. The largest absolute Gasteiger partial charge is 0.303 e. The number of hydrogen-bond acceptors (Lipinski definition) is 2. The van der Waals surface area contributed by atoms with Crippen LogP contribution in [0.2, 0.25) is 0 Å². The number of carbonyl (C=O) groups is 2. The van der Waals surface area contributed by atoms with Crippen LogP contribution in [0.5, 0.6) is 0 Å². The van der Waals surface area contributed by atoms with Gasteiger partial charge in [0.25, 0.3) is 0 Å². The van der Waals surface area contributed by atoms with Gasteiger partial charge in [-0.1, -0.05) is 25.7 Å². The summed E-state index contributed by atoms with van der Waals surface area (Å²) < 4.78 is 0. The van der Waals surface area contributed by atoms with E-state index in [1.165, 1.54) is 0 Å². The third-order valence-electron chi connectivity index (χ3n) is 1.40. The van der Waals surface area contributed by atoms with Crippen LogP contribution in [0.4, 0.5) is 0 Å². The maximum atomic E-state index is 10.7. The molecule has 0 aliphatic heterocycles. The first-order chi connectivity index (χ1) is 5.81. The highest BCUT2D eigenvalue weighted by molar-refractivity contribution is 6.02.